The van der Waals surface area contributed by atoms with E-state index in [1.165, 1.54) is 12.8 Å². The van der Waals surface area contributed by atoms with Crippen LogP contribution in [0.1, 0.15) is 69.5 Å². The predicted octanol–water partition coefficient (Wildman–Crippen LogP) is 2.02. The van der Waals surface area contributed by atoms with Crippen LogP contribution in [0.2, 0.25) is 0 Å². The minimum Gasteiger partial charge on any atom is -0.340 e. The fourth-order valence-corrected chi connectivity index (χ4v) is 4.72. The summed E-state index contributed by atoms with van der Waals surface area (Å²) in [6.45, 7) is 5.91. The largest absolute Gasteiger partial charge is 0.340 e. The van der Waals surface area contributed by atoms with Gasteiger partial charge in [-0.05, 0) is 38.8 Å². The summed E-state index contributed by atoms with van der Waals surface area (Å²) in [6.07, 6.45) is 6.94. The van der Waals surface area contributed by atoms with Crippen molar-refractivity contribution in [3.8, 4) is 0 Å². The lowest BCUT2D eigenvalue weighted by molar-refractivity contribution is -0.128. The normalized spacial score (nSPS) is 28.7. The van der Waals surface area contributed by atoms with E-state index < -0.39 is 5.54 Å². The first-order chi connectivity index (χ1) is 12.1. The molecule has 7 nitrogen and oxygen atoms in total. The summed E-state index contributed by atoms with van der Waals surface area (Å²) in [5.74, 6) is 1.42. The van der Waals surface area contributed by atoms with Gasteiger partial charge in [-0.25, -0.2) is 0 Å². The summed E-state index contributed by atoms with van der Waals surface area (Å²) in [5, 5.41) is 4.14. The van der Waals surface area contributed by atoms with E-state index >= 15 is 0 Å². The van der Waals surface area contributed by atoms with Crippen LogP contribution in [0.15, 0.2) is 4.52 Å². The molecule has 2 N–H and O–H groups in total. The molecule has 3 fully saturated rings. The number of likely N-dealkylation sites (N-methyl/N-ethyl adjacent to an activating group) is 1. The highest BCUT2D eigenvalue weighted by atomic mass is 35.5. The van der Waals surface area contributed by atoms with Crippen molar-refractivity contribution in [2.45, 2.75) is 69.4 Å². The molecular weight excluding hydrogens is 354 g/mol. The highest BCUT2D eigenvalue weighted by molar-refractivity contribution is 5.85. The number of nitrogens with zero attached hydrogens (tertiary/aromatic N) is 4. The van der Waals surface area contributed by atoms with Crippen LogP contribution in [0.25, 0.3) is 0 Å². The van der Waals surface area contributed by atoms with Gasteiger partial charge in [-0.3, -0.25) is 9.69 Å². The molecule has 1 saturated carbocycles. The fraction of sp³-hybridized carbons (Fsp3) is 0.833. The lowest BCUT2D eigenvalue weighted by Crippen LogP contribution is -2.40. The summed E-state index contributed by atoms with van der Waals surface area (Å²) < 4.78 is 5.50. The molecule has 0 aromatic carbocycles. The van der Waals surface area contributed by atoms with Crippen LogP contribution in [0.5, 0.6) is 0 Å². The van der Waals surface area contributed by atoms with Crippen LogP contribution in [0, 0.1) is 0 Å². The summed E-state index contributed by atoms with van der Waals surface area (Å²) in [4.78, 5) is 21.5. The highest BCUT2D eigenvalue weighted by Gasteiger charge is 2.40. The van der Waals surface area contributed by atoms with E-state index in [1.54, 1.807) is 0 Å². The van der Waals surface area contributed by atoms with Crippen LogP contribution >= 0.6 is 12.4 Å². The van der Waals surface area contributed by atoms with Crippen LogP contribution < -0.4 is 5.73 Å². The molecule has 3 aliphatic rings. The lowest BCUT2D eigenvalue weighted by atomic mass is 9.98. The van der Waals surface area contributed by atoms with Crippen molar-refractivity contribution in [2.24, 2.45) is 5.73 Å². The Hall–Kier alpha value is -1.18. The van der Waals surface area contributed by atoms with Crippen molar-refractivity contribution >= 4 is 18.3 Å². The van der Waals surface area contributed by atoms with Crippen molar-refractivity contribution in [1.82, 2.24) is 19.9 Å². The van der Waals surface area contributed by atoms with Gasteiger partial charge in [0.05, 0.1) is 11.5 Å². The topological polar surface area (TPSA) is 88.5 Å². The van der Waals surface area contributed by atoms with E-state index in [9.17, 15) is 4.79 Å². The van der Waals surface area contributed by atoms with E-state index in [4.69, 9.17) is 10.3 Å². The van der Waals surface area contributed by atoms with Gasteiger partial charge in [0.1, 0.15) is 0 Å². The van der Waals surface area contributed by atoms with Gasteiger partial charge in [0.25, 0.3) is 0 Å². The van der Waals surface area contributed by atoms with E-state index in [2.05, 4.69) is 22.0 Å². The molecule has 1 aromatic heterocycles. The van der Waals surface area contributed by atoms with Gasteiger partial charge in [-0.15, -0.1) is 12.4 Å². The average Bonchev–Trinajstić information content (AvgIpc) is 3.36. The smallest absolute Gasteiger partial charge is 0.232 e. The molecule has 4 rings (SSSR count). The molecule has 2 saturated heterocycles. The second kappa shape index (κ2) is 7.82. The number of hydrogen-bond acceptors (Lipinski definition) is 6. The molecule has 26 heavy (non-hydrogen) atoms. The van der Waals surface area contributed by atoms with E-state index in [0.717, 1.165) is 45.3 Å². The third kappa shape index (κ3) is 3.62. The van der Waals surface area contributed by atoms with Crippen molar-refractivity contribution in [2.75, 3.05) is 26.2 Å². The Kier molecular flexibility index (Phi) is 5.89. The fourth-order valence-electron chi connectivity index (χ4n) is 4.72. The summed E-state index contributed by atoms with van der Waals surface area (Å²) in [6, 6.07) is 0.497. The number of amides is 1. The van der Waals surface area contributed by atoms with Crippen LogP contribution in [-0.4, -0.2) is 58.1 Å². The molecule has 2 unspecified atom stereocenters. The second-order valence-electron chi connectivity index (χ2n) is 7.94. The number of aromatic nitrogens is 2. The van der Waals surface area contributed by atoms with Gasteiger partial charge in [0.2, 0.25) is 11.8 Å². The van der Waals surface area contributed by atoms with E-state index in [1.807, 2.05) is 4.90 Å². The summed E-state index contributed by atoms with van der Waals surface area (Å²) >= 11 is 0. The molecule has 1 aliphatic carbocycles. The quantitative estimate of drug-likeness (QED) is 0.836. The first-order valence-electron chi connectivity index (χ1n) is 9.74. The average molecular weight is 384 g/mol. The number of hydrogen-bond donors (Lipinski definition) is 1. The van der Waals surface area contributed by atoms with Crippen molar-refractivity contribution in [3.05, 3.63) is 11.7 Å². The van der Waals surface area contributed by atoms with Gasteiger partial charge in [0.15, 0.2) is 5.82 Å². The van der Waals surface area contributed by atoms with Crippen molar-refractivity contribution in [1.29, 1.82) is 0 Å². The molecule has 0 bridgehead atoms. The zero-order valence-corrected chi connectivity index (χ0v) is 16.3. The van der Waals surface area contributed by atoms with Gasteiger partial charge < -0.3 is 15.2 Å². The number of likely N-dealkylation sites (tertiary alicyclic amines) is 2. The number of rotatable bonds is 5. The maximum atomic E-state index is 12.5. The molecule has 2 atom stereocenters. The maximum absolute atomic E-state index is 12.5. The van der Waals surface area contributed by atoms with Crippen LogP contribution in [-0.2, 0) is 10.3 Å². The Morgan fingerprint density at radius 1 is 1.31 bits per heavy atom. The van der Waals surface area contributed by atoms with Crippen molar-refractivity contribution in [3.63, 3.8) is 0 Å². The third-order valence-corrected chi connectivity index (χ3v) is 6.28. The maximum Gasteiger partial charge on any atom is 0.232 e. The molecule has 146 valence electrons. The third-order valence-electron chi connectivity index (χ3n) is 6.28. The Morgan fingerprint density at radius 3 is 2.81 bits per heavy atom. The predicted molar refractivity (Wildman–Crippen MR) is 100 cm³/mol. The Bertz CT molecular complexity index is 631. The highest BCUT2D eigenvalue weighted by Crippen LogP contribution is 2.36. The second-order valence-corrected chi connectivity index (χ2v) is 7.94. The zero-order chi connectivity index (χ0) is 17.4. The zero-order valence-electron chi connectivity index (χ0n) is 15.5. The molecule has 8 heteroatoms. The Labute approximate surface area is 161 Å². The van der Waals surface area contributed by atoms with Gasteiger partial charge in [0, 0.05) is 25.6 Å². The molecule has 1 amide bonds. The minimum atomic E-state index is -0.435. The standard InChI is InChI=1S/C18H29N5O2.ClH/c1-2-22-9-5-6-14(22)12-23-11-13(10-15(23)24)16-20-17(21-25-16)18(19)7-3-4-8-18;/h13-14H,2-12,19H2,1H3;1H. The van der Waals surface area contributed by atoms with Gasteiger partial charge in [-0.2, -0.15) is 4.98 Å². The Balaban J connectivity index is 0.00000196. The molecule has 0 radical (unpaired) electrons. The lowest BCUT2D eigenvalue weighted by Gasteiger charge is -2.27. The summed E-state index contributed by atoms with van der Waals surface area (Å²) in [7, 11) is 0. The first kappa shape index (κ1) is 19.6. The molecule has 1 aromatic rings. The molecular formula is C18H30ClN5O2. The molecule has 3 heterocycles. The molecule has 0 spiro atoms. The number of halogens is 1. The first-order valence-corrected chi connectivity index (χ1v) is 9.74. The number of carbonyl (C=O) groups excluding carboxylic acids is 1. The van der Waals surface area contributed by atoms with Crippen LogP contribution in [0.4, 0.5) is 0 Å². The Morgan fingerprint density at radius 2 is 2.08 bits per heavy atom. The van der Waals surface area contributed by atoms with E-state index in [0.29, 0.717) is 30.7 Å². The van der Waals surface area contributed by atoms with Gasteiger partial charge >= 0.3 is 0 Å². The summed E-state index contributed by atoms with van der Waals surface area (Å²) in [5.41, 5.74) is 5.98. The van der Waals surface area contributed by atoms with E-state index in [-0.39, 0.29) is 24.2 Å². The van der Waals surface area contributed by atoms with Crippen molar-refractivity contribution < 1.29 is 9.32 Å². The molecule has 2 aliphatic heterocycles. The van der Waals surface area contributed by atoms with Gasteiger partial charge in [-0.1, -0.05) is 24.9 Å². The van der Waals surface area contributed by atoms with Crippen LogP contribution in [0.3, 0.4) is 0 Å². The number of nitrogens with two attached hydrogens (primary N) is 1. The minimum absolute atomic E-state index is 0. The number of carbonyl (C=O) groups is 1. The monoisotopic (exact) mass is 383 g/mol. The SMILES string of the molecule is CCN1CCCC1CN1CC(c2nc(C3(N)CCCC3)no2)CC1=O.Cl.